The van der Waals surface area contributed by atoms with Crippen LogP contribution in [0.3, 0.4) is 0 Å². The molecule has 5 heteroatoms. The van der Waals surface area contributed by atoms with Crippen molar-refractivity contribution in [2.75, 3.05) is 12.4 Å². The van der Waals surface area contributed by atoms with Crippen LogP contribution in [0.15, 0.2) is 6.58 Å². The highest BCUT2D eigenvalue weighted by Crippen LogP contribution is 2.46. The molecule has 2 rings (SSSR count). The molecule has 156 valence electrons. The van der Waals surface area contributed by atoms with Gasteiger partial charge in [0.05, 0.1) is 19.4 Å². The van der Waals surface area contributed by atoms with Crippen LogP contribution in [-0.2, 0) is 11.3 Å². The first-order valence-electron chi connectivity index (χ1n) is 9.56. The average Bonchev–Trinajstić information content (AvgIpc) is 2.69. The minimum Gasteiger partial charge on any atom is -0.507 e. The first kappa shape index (κ1) is 22.5. The molecule has 0 radical (unpaired) electrons. The van der Waals surface area contributed by atoms with Crippen LogP contribution in [0, 0.1) is 41.5 Å². The predicted octanol–water partition coefficient (Wildman–Crippen LogP) is 5.61. The number of phenolic OH excluding ortho intramolecular Hbond substituents is 1. The number of aliphatic hydroxyl groups is 1. The fraction of sp³-hybridized carbons (Fsp3) is 0.375. The fourth-order valence-electron chi connectivity index (χ4n) is 3.94. The number of allylic oxidation sites excluding steroid dienone is 1. The number of hydrogen-bond donors (Lipinski definition) is 3. The molecule has 2 aromatic rings. The zero-order chi connectivity index (χ0) is 22.2. The largest absolute Gasteiger partial charge is 0.507 e. The molecule has 0 aliphatic rings. The molecule has 1 amide bonds. The number of carbonyl (C=O) groups is 1. The normalized spacial score (nSPS) is 10.8. The highest BCUT2D eigenvalue weighted by Gasteiger charge is 2.26. The number of phenols is 1. The minimum absolute atomic E-state index is 0.212. The standard InChI is InChI=1S/C24H31NO4/c1-11(2)19-18(10-26)20(15(6)16(7)22(19)25-24(28)29-9)21-14(5)12(3)13(4)17(8)23(21)27/h26-27H,1,10H2,2-9H3,(H,25,28). The van der Waals surface area contributed by atoms with E-state index in [2.05, 4.69) is 11.9 Å². The van der Waals surface area contributed by atoms with Crippen LogP contribution in [-0.4, -0.2) is 23.4 Å². The fourth-order valence-corrected chi connectivity index (χ4v) is 3.94. The van der Waals surface area contributed by atoms with Crippen molar-refractivity contribution in [1.82, 2.24) is 0 Å². The molecule has 3 N–H and O–H groups in total. The number of aliphatic hydroxyl groups excluding tert-OH is 1. The number of aromatic hydroxyl groups is 1. The number of amides is 1. The van der Waals surface area contributed by atoms with E-state index in [0.717, 1.165) is 38.9 Å². The molecular formula is C24H31NO4. The molecule has 0 aromatic heterocycles. The van der Waals surface area contributed by atoms with E-state index in [-0.39, 0.29) is 12.4 Å². The first-order valence-corrected chi connectivity index (χ1v) is 9.56. The van der Waals surface area contributed by atoms with Crippen molar-refractivity contribution in [2.24, 2.45) is 0 Å². The number of ether oxygens (including phenoxy) is 1. The van der Waals surface area contributed by atoms with Crippen molar-refractivity contribution in [3.05, 3.63) is 51.1 Å². The van der Waals surface area contributed by atoms with E-state index in [1.165, 1.54) is 7.11 Å². The van der Waals surface area contributed by atoms with Gasteiger partial charge >= 0.3 is 6.09 Å². The molecule has 0 aliphatic carbocycles. The van der Waals surface area contributed by atoms with Crippen molar-refractivity contribution in [3.8, 4) is 16.9 Å². The van der Waals surface area contributed by atoms with E-state index < -0.39 is 6.09 Å². The molecule has 0 unspecified atom stereocenters. The lowest BCUT2D eigenvalue weighted by molar-refractivity contribution is 0.187. The number of methoxy groups -OCH3 is 1. The van der Waals surface area contributed by atoms with Crippen molar-refractivity contribution in [3.63, 3.8) is 0 Å². The SMILES string of the molecule is C=C(C)c1c(CO)c(-c2c(C)c(C)c(C)c(C)c2O)c(C)c(C)c1NC(=O)OC. The lowest BCUT2D eigenvalue weighted by Crippen LogP contribution is -2.16. The molecule has 0 spiro atoms. The van der Waals surface area contributed by atoms with Gasteiger partial charge in [-0.1, -0.05) is 6.58 Å². The second kappa shape index (κ2) is 8.29. The smallest absolute Gasteiger partial charge is 0.411 e. The summed E-state index contributed by atoms with van der Waals surface area (Å²) in [5.41, 5.74) is 9.65. The molecule has 0 atom stereocenters. The monoisotopic (exact) mass is 397 g/mol. The topological polar surface area (TPSA) is 78.8 Å². The van der Waals surface area contributed by atoms with E-state index in [1.807, 2.05) is 48.5 Å². The highest BCUT2D eigenvalue weighted by atomic mass is 16.5. The summed E-state index contributed by atoms with van der Waals surface area (Å²) in [7, 11) is 1.30. The number of carbonyl (C=O) groups excluding carboxylic acids is 1. The summed E-state index contributed by atoms with van der Waals surface area (Å²) in [6, 6.07) is 0. The van der Waals surface area contributed by atoms with Crippen LogP contribution in [0.25, 0.3) is 16.7 Å². The summed E-state index contributed by atoms with van der Waals surface area (Å²) in [6.07, 6.45) is -0.590. The van der Waals surface area contributed by atoms with Gasteiger partial charge < -0.3 is 14.9 Å². The molecule has 0 fully saturated rings. The van der Waals surface area contributed by atoms with E-state index in [0.29, 0.717) is 28.0 Å². The van der Waals surface area contributed by atoms with E-state index >= 15 is 0 Å². The Hall–Kier alpha value is -2.79. The van der Waals surface area contributed by atoms with Crippen molar-refractivity contribution >= 4 is 17.4 Å². The average molecular weight is 398 g/mol. The lowest BCUT2D eigenvalue weighted by Gasteiger charge is -2.26. The third kappa shape index (κ3) is 3.62. The Morgan fingerprint density at radius 1 is 0.931 bits per heavy atom. The quantitative estimate of drug-likeness (QED) is 0.626. The summed E-state index contributed by atoms with van der Waals surface area (Å²) in [5, 5.41) is 24.2. The van der Waals surface area contributed by atoms with Gasteiger partial charge in [-0.05, 0) is 98.5 Å². The van der Waals surface area contributed by atoms with Gasteiger partial charge in [0.1, 0.15) is 5.75 Å². The minimum atomic E-state index is -0.590. The lowest BCUT2D eigenvalue weighted by atomic mass is 9.81. The first-order chi connectivity index (χ1) is 13.5. The second-order valence-corrected chi connectivity index (χ2v) is 7.63. The number of nitrogens with one attached hydrogen (secondary N) is 1. The van der Waals surface area contributed by atoms with Crippen molar-refractivity contribution in [2.45, 2.75) is 55.1 Å². The molecule has 0 saturated heterocycles. The molecule has 5 nitrogen and oxygen atoms in total. The zero-order valence-electron chi connectivity index (χ0n) is 18.6. The maximum Gasteiger partial charge on any atom is 0.411 e. The zero-order valence-corrected chi connectivity index (χ0v) is 18.6. The van der Waals surface area contributed by atoms with Crippen LogP contribution < -0.4 is 5.32 Å². The van der Waals surface area contributed by atoms with Gasteiger partial charge in [-0.2, -0.15) is 0 Å². The third-order valence-corrected chi connectivity index (χ3v) is 6.07. The van der Waals surface area contributed by atoms with Crippen LogP contribution in [0.1, 0.15) is 51.4 Å². The Balaban J connectivity index is 3.07. The van der Waals surface area contributed by atoms with Gasteiger partial charge in [0.15, 0.2) is 0 Å². The Morgan fingerprint density at radius 2 is 1.45 bits per heavy atom. The Bertz CT molecular complexity index is 990. The van der Waals surface area contributed by atoms with Gasteiger partial charge in [-0.15, -0.1) is 0 Å². The summed E-state index contributed by atoms with van der Waals surface area (Å²) in [4.78, 5) is 11.9. The molecule has 0 saturated carbocycles. The van der Waals surface area contributed by atoms with Crippen LogP contribution in [0.5, 0.6) is 5.75 Å². The van der Waals surface area contributed by atoms with Gasteiger partial charge in [0.2, 0.25) is 0 Å². The van der Waals surface area contributed by atoms with Gasteiger partial charge in [-0.25, -0.2) is 4.79 Å². The highest BCUT2D eigenvalue weighted by molar-refractivity contribution is 5.96. The maximum absolute atomic E-state index is 11.9. The van der Waals surface area contributed by atoms with Gasteiger partial charge in [-0.3, -0.25) is 5.32 Å². The summed E-state index contributed by atoms with van der Waals surface area (Å²) in [6.45, 7) is 17.4. The summed E-state index contributed by atoms with van der Waals surface area (Å²) < 4.78 is 4.77. The number of benzene rings is 2. The molecule has 0 aliphatic heterocycles. The van der Waals surface area contributed by atoms with Crippen molar-refractivity contribution in [1.29, 1.82) is 0 Å². The summed E-state index contributed by atoms with van der Waals surface area (Å²) in [5.74, 6) is 0.212. The maximum atomic E-state index is 11.9. The predicted molar refractivity (Wildman–Crippen MR) is 119 cm³/mol. The molecule has 2 aromatic carbocycles. The Labute approximate surface area is 173 Å². The third-order valence-electron chi connectivity index (χ3n) is 6.07. The molecule has 0 bridgehead atoms. The second-order valence-electron chi connectivity index (χ2n) is 7.63. The number of anilines is 1. The molecule has 29 heavy (non-hydrogen) atoms. The Morgan fingerprint density at radius 3 is 1.93 bits per heavy atom. The Kier molecular flexibility index (Phi) is 6.43. The number of rotatable bonds is 4. The van der Waals surface area contributed by atoms with Gasteiger partial charge in [0.25, 0.3) is 0 Å². The van der Waals surface area contributed by atoms with E-state index in [4.69, 9.17) is 4.74 Å². The molecular weight excluding hydrogens is 366 g/mol. The van der Waals surface area contributed by atoms with Crippen molar-refractivity contribution < 1.29 is 19.7 Å². The van der Waals surface area contributed by atoms with Crippen LogP contribution in [0.4, 0.5) is 10.5 Å². The summed E-state index contributed by atoms with van der Waals surface area (Å²) >= 11 is 0. The number of hydrogen-bond acceptors (Lipinski definition) is 4. The van der Waals surface area contributed by atoms with E-state index in [9.17, 15) is 15.0 Å². The van der Waals surface area contributed by atoms with Crippen LogP contribution in [0.2, 0.25) is 0 Å². The van der Waals surface area contributed by atoms with E-state index in [1.54, 1.807) is 0 Å². The van der Waals surface area contributed by atoms with Gasteiger partial charge in [0, 0.05) is 11.1 Å². The van der Waals surface area contributed by atoms with Crippen LogP contribution >= 0.6 is 0 Å². The molecule has 0 heterocycles.